The number of aromatic nitrogens is 1. The minimum Gasteiger partial charge on any atom is -0.508 e. The molecule has 0 saturated carbocycles. The number of aryl methyl sites for hydroxylation is 1. The van der Waals surface area contributed by atoms with Crippen molar-refractivity contribution < 1.29 is 10.2 Å². The van der Waals surface area contributed by atoms with Gasteiger partial charge in [-0.1, -0.05) is 18.2 Å². The van der Waals surface area contributed by atoms with Crippen molar-refractivity contribution in [1.29, 1.82) is 0 Å². The van der Waals surface area contributed by atoms with Gasteiger partial charge in [-0.15, -0.1) is 0 Å². The normalized spacial score (nSPS) is 11.3. The molecule has 21 heavy (non-hydrogen) atoms. The van der Waals surface area contributed by atoms with Crippen LogP contribution in [-0.4, -0.2) is 21.4 Å². The Kier molecular flexibility index (Phi) is 3.28. The van der Waals surface area contributed by atoms with E-state index in [1.807, 2.05) is 37.3 Å². The molecule has 3 rings (SSSR count). The Morgan fingerprint density at radius 3 is 2.71 bits per heavy atom. The number of phenols is 2. The number of benzene rings is 2. The van der Waals surface area contributed by atoms with E-state index < -0.39 is 0 Å². The van der Waals surface area contributed by atoms with Crippen LogP contribution in [0, 0.1) is 6.92 Å². The molecular formula is C17H14N2O2. The zero-order valence-corrected chi connectivity index (χ0v) is 11.5. The average Bonchev–Trinajstić information content (AvgIpc) is 2.47. The maximum absolute atomic E-state index is 9.77. The summed E-state index contributed by atoms with van der Waals surface area (Å²) in [4.78, 5) is 8.89. The Morgan fingerprint density at radius 2 is 1.86 bits per heavy atom. The number of aromatic hydroxyl groups is 2. The third-order valence-electron chi connectivity index (χ3n) is 3.18. The molecular weight excluding hydrogens is 264 g/mol. The Labute approximate surface area is 122 Å². The van der Waals surface area contributed by atoms with Gasteiger partial charge >= 0.3 is 0 Å². The fourth-order valence-electron chi connectivity index (χ4n) is 2.18. The van der Waals surface area contributed by atoms with Gasteiger partial charge in [-0.25, -0.2) is 0 Å². The minimum atomic E-state index is 0.0756. The molecule has 0 bridgehead atoms. The monoisotopic (exact) mass is 278 g/mol. The second-order valence-electron chi connectivity index (χ2n) is 4.80. The van der Waals surface area contributed by atoms with Gasteiger partial charge in [0.25, 0.3) is 0 Å². The summed E-state index contributed by atoms with van der Waals surface area (Å²) in [5.41, 5.74) is 3.00. The van der Waals surface area contributed by atoms with E-state index in [1.165, 1.54) is 24.4 Å². The van der Waals surface area contributed by atoms with Crippen LogP contribution in [0.3, 0.4) is 0 Å². The predicted molar refractivity (Wildman–Crippen MR) is 83.5 cm³/mol. The number of phenolic OH excluding ortho intramolecular Hbond substituents is 2. The Balaban J connectivity index is 2.09. The smallest absolute Gasteiger partial charge is 0.124 e. The third-order valence-corrected chi connectivity index (χ3v) is 3.18. The van der Waals surface area contributed by atoms with E-state index in [9.17, 15) is 10.2 Å². The number of para-hydroxylation sites is 1. The van der Waals surface area contributed by atoms with Crippen molar-refractivity contribution in [3.8, 4) is 11.5 Å². The lowest BCUT2D eigenvalue weighted by Crippen LogP contribution is -1.86. The molecule has 0 saturated heterocycles. The Bertz CT molecular complexity index is 841. The zero-order chi connectivity index (χ0) is 14.8. The molecule has 0 amide bonds. The predicted octanol–water partition coefficient (Wildman–Crippen LogP) is 3.71. The lowest BCUT2D eigenvalue weighted by atomic mass is 10.1. The molecule has 1 aromatic heterocycles. The van der Waals surface area contributed by atoms with Crippen LogP contribution >= 0.6 is 0 Å². The fraction of sp³-hybridized carbons (Fsp3) is 0.0588. The number of aliphatic imine (C=N–C) groups is 1. The molecule has 2 N–H and O–H groups in total. The molecule has 1 heterocycles. The molecule has 4 nitrogen and oxygen atoms in total. The fourth-order valence-corrected chi connectivity index (χ4v) is 2.18. The molecule has 0 fully saturated rings. The van der Waals surface area contributed by atoms with Crippen molar-refractivity contribution in [2.24, 2.45) is 4.99 Å². The second kappa shape index (κ2) is 5.25. The van der Waals surface area contributed by atoms with Crippen molar-refractivity contribution in [1.82, 2.24) is 4.98 Å². The first-order valence-electron chi connectivity index (χ1n) is 6.56. The van der Waals surface area contributed by atoms with Crippen LogP contribution in [0.15, 0.2) is 53.5 Å². The van der Waals surface area contributed by atoms with E-state index in [1.54, 1.807) is 0 Å². The Hall–Kier alpha value is -2.88. The summed E-state index contributed by atoms with van der Waals surface area (Å²) in [6.07, 6.45) is 1.54. The van der Waals surface area contributed by atoms with Crippen molar-refractivity contribution in [2.75, 3.05) is 0 Å². The van der Waals surface area contributed by atoms with E-state index >= 15 is 0 Å². The summed E-state index contributed by atoms with van der Waals surface area (Å²) in [6.45, 7) is 1.91. The molecule has 0 aliphatic carbocycles. The maximum Gasteiger partial charge on any atom is 0.124 e. The number of hydrogen-bond donors (Lipinski definition) is 2. The van der Waals surface area contributed by atoms with E-state index in [0.29, 0.717) is 5.56 Å². The van der Waals surface area contributed by atoms with Gasteiger partial charge in [-0.2, -0.15) is 0 Å². The SMILES string of the molecule is Cc1cc(N=Cc2cc(O)ccc2O)c2ccccc2n1. The largest absolute Gasteiger partial charge is 0.508 e. The van der Waals surface area contributed by atoms with Crippen molar-refractivity contribution in [2.45, 2.75) is 6.92 Å². The molecule has 0 unspecified atom stereocenters. The first-order valence-corrected chi connectivity index (χ1v) is 6.56. The van der Waals surface area contributed by atoms with Crippen LogP contribution in [0.5, 0.6) is 11.5 Å². The summed E-state index contributed by atoms with van der Waals surface area (Å²) >= 11 is 0. The summed E-state index contributed by atoms with van der Waals surface area (Å²) < 4.78 is 0. The van der Waals surface area contributed by atoms with Crippen LogP contribution in [0.4, 0.5) is 5.69 Å². The van der Waals surface area contributed by atoms with Crippen LogP contribution in [0.25, 0.3) is 10.9 Å². The second-order valence-corrected chi connectivity index (χ2v) is 4.80. The van der Waals surface area contributed by atoms with Crippen molar-refractivity contribution >= 4 is 22.8 Å². The zero-order valence-electron chi connectivity index (χ0n) is 11.5. The van der Waals surface area contributed by atoms with Crippen molar-refractivity contribution in [3.05, 3.63) is 59.8 Å². The molecule has 4 heteroatoms. The Morgan fingerprint density at radius 1 is 1.05 bits per heavy atom. The first kappa shape index (κ1) is 13.1. The number of hydrogen-bond acceptors (Lipinski definition) is 4. The maximum atomic E-state index is 9.77. The topological polar surface area (TPSA) is 65.7 Å². The molecule has 104 valence electrons. The van der Waals surface area contributed by atoms with Crippen LogP contribution in [0.2, 0.25) is 0 Å². The number of fused-ring (bicyclic) bond motifs is 1. The highest BCUT2D eigenvalue weighted by molar-refractivity contribution is 5.94. The quantitative estimate of drug-likeness (QED) is 0.555. The van der Waals surface area contributed by atoms with Gasteiger partial charge in [0.2, 0.25) is 0 Å². The summed E-state index contributed by atoms with van der Waals surface area (Å²) in [5.74, 6) is 0.164. The van der Waals surface area contributed by atoms with E-state index in [-0.39, 0.29) is 11.5 Å². The number of pyridine rings is 1. The van der Waals surface area contributed by atoms with E-state index in [0.717, 1.165) is 22.3 Å². The van der Waals surface area contributed by atoms with Gasteiger partial charge in [-0.05, 0) is 37.3 Å². The van der Waals surface area contributed by atoms with E-state index in [4.69, 9.17) is 0 Å². The van der Waals surface area contributed by atoms with Crippen LogP contribution in [-0.2, 0) is 0 Å². The molecule has 0 aliphatic heterocycles. The van der Waals surface area contributed by atoms with Gasteiger partial charge in [0.15, 0.2) is 0 Å². The van der Waals surface area contributed by atoms with E-state index in [2.05, 4.69) is 9.98 Å². The van der Waals surface area contributed by atoms with Crippen LogP contribution in [0.1, 0.15) is 11.3 Å². The lowest BCUT2D eigenvalue weighted by Gasteiger charge is -2.04. The number of nitrogens with zero attached hydrogens (tertiary/aromatic N) is 2. The highest BCUT2D eigenvalue weighted by atomic mass is 16.3. The van der Waals surface area contributed by atoms with Gasteiger partial charge in [-0.3, -0.25) is 9.98 Å². The van der Waals surface area contributed by atoms with Gasteiger partial charge in [0.05, 0.1) is 11.2 Å². The van der Waals surface area contributed by atoms with Gasteiger partial charge in [0, 0.05) is 22.9 Å². The highest BCUT2D eigenvalue weighted by Gasteiger charge is 2.03. The molecule has 0 aliphatic rings. The summed E-state index contributed by atoms with van der Waals surface area (Å²) in [6, 6.07) is 14.0. The minimum absolute atomic E-state index is 0.0756. The third kappa shape index (κ3) is 2.69. The van der Waals surface area contributed by atoms with Crippen LogP contribution < -0.4 is 0 Å². The van der Waals surface area contributed by atoms with Crippen molar-refractivity contribution in [3.63, 3.8) is 0 Å². The van der Waals surface area contributed by atoms with Gasteiger partial charge in [0.1, 0.15) is 11.5 Å². The average molecular weight is 278 g/mol. The molecule has 0 spiro atoms. The van der Waals surface area contributed by atoms with Gasteiger partial charge < -0.3 is 10.2 Å². The molecule has 0 radical (unpaired) electrons. The highest BCUT2D eigenvalue weighted by Crippen LogP contribution is 2.26. The lowest BCUT2D eigenvalue weighted by molar-refractivity contribution is 0.459. The molecule has 2 aromatic carbocycles. The first-order chi connectivity index (χ1) is 10.1. The summed E-state index contributed by atoms with van der Waals surface area (Å²) in [7, 11) is 0. The standard InChI is InChI=1S/C17H14N2O2/c1-11-8-16(14-4-2-3-5-15(14)19-11)18-10-12-9-13(20)6-7-17(12)21/h2-10,20-21H,1H3. The summed E-state index contributed by atoms with van der Waals surface area (Å²) in [5, 5.41) is 20.2. The molecule has 0 atom stereocenters. The molecule has 3 aromatic rings. The number of rotatable bonds is 2.